The second-order valence-electron chi connectivity index (χ2n) is 4.30. The van der Waals surface area contributed by atoms with Gasteiger partial charge in [-0.15, -0.1) is 11.8 Å². The largest absolute Gasteiger partial charge is 0.395 e. The lowest BCUT2D eigenvalue weighted by Gasteiger charge is -2.29. The number of thioether (sulfide) groups is 1. The average Bonchev–Trinajstić information content (AvgIpc) is 2.06. The van der Waals surface area contributed by atoms with Gasteiger partial charge >= 0.3 is 0 Å². The molecule has 1 N–H and O–H groups in total. The predicted octanol–water partition coefficient (Wildman–Crippen LogP) is 2.82. The third kappa shape index (κ3) is 3.36. The maximum absolute atomic E-state index is 9.10. The van der Waals surface area contributed by atoms with Crippen LogP contribution in [0.1, 0.15) is 46.0 Å². The fourth-order valence-corrected chi connectivity index (χ4v) is 3.22. The summed E-state index contributed by atoms with van der Waals surface area (Å²) in [6.45, 7) is 4.56. The zero-order valence-electron chi connectivity index (χ0n) is 8.18. The van der Waals surface area contributed by atoms with Crippen LogP contribution < -0.4 is 0 Å². The molecule has 0 radical (unpaired) electrons. The highest BCUT2D eigenvalue weighted by atomic mass is 32.2. The van der Waals surface area contributed by atoms with Crippen LogP contribution in [-0.4, -0.2) is 21.7 Å². The van der Waals surface area contributed by atoms with Crippen molar-refractivity contribution in [2.24, 2.45) is 0 Å². The van der Waals surface area contributed by atoms with Gasteiger partial charge in [0.2, 0.25) is 0 Å². The Morgan fingerprint density at radius 2 is 1.83 bits per heavy atom. The van der Waals surface area contributed by atoms with Crippen LogP contribution in [-0.2, 0) is 0 Å². The van der Waals surface area contributed by atoms with Gasteiger partial charge in [-0.3, -0.25) is 0 Å². The summed E-state index contributed by atoms with van der Waals surface area (Å²) in [5.41, 5.74) is 0. The van der Waals surface area contributed by atoms with Crippen molar-refractivity contribution in [3.05, 3.63) is 0 Å². The number of rotatable bonds is 3. The lowest BCUT2D eigenvalue weighted by Crippen LogP contribution is -2.25. The average molecular weight is 188 g/mol. The van der Waals surface area contributed by atoms with E-state index in [0.717, 1.165) is 5.25 Å². The van der Waals surface area contributed by atoms with Crippen LogP contribution in [0.2, 0.25) is 0 Å². The lowest BCUT2D eigenvalue weighted by molar-refractivity contribution is 0.264. The van der Waals surface area contributed by atoms with E-state index in [4.69, 9.17) is 5.11 Å². The molecule has 12 heavy (non-hydrogen) atoms. The summed E-state index contributed by atoms with van der Waals surface area (Å²) in [6, 6.07) is 0. The molecular weight excluding hydrogens is 168 g/mol. The first kappa shape index (κ1) is 10.4. The maximum atomic E-state index is 9.10. The van der Waals surface area contributed by atoms with E-state index in [1.54, 1.807) is 0 Å². The van der Waals surface area contributed by atoms with E-state index < -0.39 is 0 Å². The van der Waals surface area contributed by atoms with Crippen molar-refractivity contribution in [1.82, 2.24) is 0 Å². The maximum Gasteiger partial charge on any atom is 0.0572 e. The highest BCUT2D eigenvalue weighted by Gasteiger charge is 2.24. The molecule has 1 aliphatic carbocycles. The molecule has 0 aliphatic heterocycles. The molecule has 2 heteroatoms. The molecule has 1 fully saturated rings. The van der Waals surface area contributed by atoms with E-state index >= 15 is 0 Å². The summed E-state index contributed by atoms with van der Waals surface area (Å²) >= 11 is 1.97. The van der Waals surface area contributed by atoms with Gasteiger partial charge in [0, 0.05) is 10.00 Å². The van der Waals surface area contributed by atoms with Gasteiger partial charge in [-0.2, -0.15) is 0 Å². The smallest absolute Gasteiger partial charge is 0.0572 e. The molecule has 0 heterocycles. The Kier molecular flexibility index (Phi) is 3.91. The summed E-state index contributed by atoms with van der Waals surface area (Å²) in [4.78, 5) is 0. The van der Waals surface area contributed by atoms with E-state index in [2.05, 4.69) is 13.8 Å². The SMILES string of the molecule is CC(C)(CO)SC1CCCCC1. The third-order valence-corrected chi connectivity index (χ3v) is 3.99. The monoisotopic (exact) mass is 188 g/mol. The zero-order valence-corrected chi connectivity index (χ0v) is 8.99. The highest BCUT2D eigenvalue weighted by Crippen LogP contribution is 2.36. The minimum atomic E-state index is 0.0714. The van der Waals surface area contributed by atoms with Gasteiger partial charge in [-0.05, 0) is 26.7 Å². The Morgan fingerprint density at radius 1 is 1.25 bits per heavy atom. The molecular formula is C10H20OS. The Morgan fingerprint density at radius 3 is 2.33 bits per heavy atom. The fraction of sp³-hybridized carbons (Fsp3) is 1.00. The van der Waals surface area contributed by atoms with Crippen molar-refractivity contribution >= 4 is 11.8 Å². The molecule has 0 bridgehead atoms. The Balaban J connectivity index is 2.28. The van der Waals surface area contributed by atoms with Gasteiger partial charge in [-0.1, -0.05) is 19.3 Å². The molecule has 1 saturated carbocycles. The minimum Gasteiger partial charge on any atom is -0.395 e. The number of aliphatic hydroxyl groups is 1. The standard InChI is InChI=1S/C10H20OS/c1-10(2,8-11)12-9-6-4-3-5-7-9/h9,11H,3-8H2,1-2H3. The second kappa shape index (κ2) is 4.52. The fourth-order valence-electron chi connectivity index (χ4n) is 1.67. The van der Waals surface area contributed by atoms with E-state index in [1.807, 2.05) is 11.8 Å². The van der Waals surface area contributed by atoms with Gasteiger partial charge < -0.3 is 5.11 Å². The topological polar surface area (TPSA) is 20.2 Å². The Bertz CT molecular complexity index is 128. The van der Waals surface area contributed by atoms with Crippen LogP contribution in [0.25, 0.3) is 0 Å². The van der Waals surface area contributed by atoms with Crippen LogP contribution in [0.3, 0.4) is 0 Å². The van der Waals surface area contributed by atoms with Crippen LogP contribution >= 0.6 is 11.8 Å². The summed E-state index contributed by atoms with van der Waals surface area (Å²) in [5, 5.41) is 9.91. The Labute approximate surface area is 79.9 Å². The van der Waals surface area contributed by atoms with Crippen molar-refractivity contribution in [1.29, 1.82) is 0 Å². The highest BCUT2D eigenvalue weighted by molar-refractivity contribution is 8.01. The van der Waals surface area contributed by atoms with Crippen molar-refractivity contribution in [2.45, 2.75) is 55.9 Å². The van der Waals surface area contributed by atoms with Gasteiger partial charge in [0.25, 0.3) is 0 Å². The van der Waals surface area contributed by atoms with Crippen LogP contribution in [0.5, 0.6) is 0 Å². The first-order valence-corrected chi connectivity index (χ1v) is 5.81. The molecule has 1 aliphatic rings. The van der Waals surface area contributed by atoms with E-state index in [9.17, 15) is 0 Å². The summed E-state index contributed by atoms with van der Waals surface area (Å²) in [7, 11) is 0. The van der Waals surface area contributed by atoms with Crippen molar-refractivity contribution in [3.63, 3.8) is 0 Å². The van der Waals surface area contributed by atoms with Gasteiger partial charge in [0.05, 0.1) is 6.61 Å². The molecule has 0 aromatic carbocycles. The predicted molar refractivity (Wildman–Crippen MR) is 55.6 cm³/mol. The first-order valence-electron chi connectivity index (χ1n) is 4.93. The minimum absolute atomic E-state index is 0.0714. The van der Waals surface area contributed by atoms with Gasteiger partial charge in [-0.25, -0.2) is 0 Å². The molecule has 0 atom stereocenters. The summed E-state index contributed by atoms with van der Waals surface area (Å²) < 4.78 is 0.0714. The van der Waals surface area contributed by atoms with Crippen LogP contribution in [0.15, 0.2) is 0 Å². The first-order chi connectivity index (χ1) is 5.64. The molecule has 0 amide bonds. The molecule has 0 spiro atoms. The molecule has 0 saturated heterocycles. The number of aliphatic hydroxyl groups excluding tert-OH is 1. The Hall–Kier alpha value is 0.310. The van der Waals surface area contributed by atoms with E-state index in [1.165, 1.54) is 32.1 Å². The molecule has 72 valence electrons. The summed E-state index contributed by atoms with van der Waals surface area (Å²) in [5.74, 6) is 0. The lowest BCUT2D eigenvalue weighted by atomic mass is 10.0. The van der Waals surface area contributed by atoms with E-state index in [-0.39, 0.29) is 4.75 Å². The summed E-state index contributed by atoms with van der Waals surface area (Å²) in [6.07, 6.45) is 6.90. The quantitative estimate of drug-likeness (QED) is 0.735. The molecule has 0 aromatic rings. The van der Waals surface area contributed by atoms with Gasteiger partial charge in [0.1, 0.15) is 0 Å². The normalized spacial score (nSPS) is 21.2. The van der Waals surface area contributed by atoms with Crippen LogP contribution in [0.4, 0.5) is 0 Å². The van der Waals surface area contributed by atoms with Crippen molar-refractivity contribution in [2.75, 3.05) is 6.61 Å². The van der Waals surface area contributed by atoms with E-state index in [0.29, 0.717) is 6.61 Å². The van der Waals surface area contributed by atoms with Crippen molar-refractivity contribution < 1.29 is 5.11 Å². The third-order valence-electron chi connectivity index (χ3n) is 2.42. The second-order valence-corrected chi connectivity index (χ2v) is 6.30. The van der Waals surface area contributed by atoms with Crippen LogP contribution in [0, 0.1) is 0 Å². The number of hydrogen-bond donors (Lipinski definition) is 1. The number of hydrogen-bond acceptors (Lipinski definition) is 2. The molecule has 0 unspecified atom stereocenters. The van der Waals surface area contributed by atoms with Gasteiger partial charge in [0.15, 0.2) is 0 Å². The molecule has 1 rings (SSSR count). The molecule has 0 aromatic heterocycles. The zero-order chi connectivity index (χ0) is 9.03. The molecule has 1 nitrogen and oxygen atoms in total. The van der Waals surface area contributed by atoms with Crippen molar-refractivity contribution in [3.8, 4) is 0 Å².